The van der Waals surface area contributed by atoms with E-state index in [0.29, 0.717) is 6.04 Å². The number of fused-ring (bicyclic) bond motifs is 1. The second-order valence-corrected chi connectivity index (χ2v) is 5.89. The molecule has 0 saturated carbocycles. The Morgan fingerprint density at radius 3 is 3.19 bits per heavy atom. The second-order valence-electron chi connectivity index (χ2n) is 3.95. The topological polar surface area (TPSA) is 38.0 Å². The molecule has 1 aromatic rings. The van der Waals surface area contributed by atoms with E-state index >= 15 is 0 Å². The van der Waals surface area contributed by atoms with Gasteiger partial charge < -0.3 is 11.1 Å². The predicted octanol–water partition coefficient (Wildman–Crippen LogP) is 3.03. The first-order valence-electron chi connectivity index (χ1n) is 5.61. The van der Waals surface area contributed by atoms with Crippen molar-refractivity contribution >= 4 is 29.2 Å². The molecule has 0 amide bonds. The third kappa shape index (κ3) is 2.87. The molecule has 3 N–H and O–H groups in total. The molecule has 0 saturated heterocycles. The van der Waals surface area contributed by atoms with Gasteiger partial charge in [0.2, 0.25) is 0 Å². The molecule has 0 fully saturated rings. The van der Waals surface area contributed by atoms with Crippen molar-refractivity contribution in [1.82, 2.24) is 0 Å². The fourth-order valence-electron chi connectivity index (χ4n) is 1.84. The van der Waals surface area contributed by atoms with Gasteiger partial charge in [-0.3, -0.25) is 0 Å². The molecule has 88 valence electrons. The SMILES string of the molecule is CSc1ccc2c(c1)SCC(CCCN)N2. The van der Waals surface area contributed by atoms with Gasteiger partial charge in [0.1, 0.15) is 0 Å². The zero-order valence-electron chi connectivity index (χ0n) is 9.53. The summed E-state index contributed by atoms with van der Waals surface area (Å²) in [6, 6.07) is 7.24. The number of nitrogens with one attached hydrogen (secondary N) is 1. The molecule has 2 nitrogen and oxygen atoms in total. The number of hydrogen-bond donors (Lipinski definition) is 2. The predicted molar refractivity (Wildman–Crippen MR) is 74.6 cm³/mol. The molecule has 0 radical (unpaired) electrons. The van der Waals surface area contributed by atoms with Gasteiger partial charge in [-0.15, -0.1) is 23.5 Å². The van der Waals surface area contributed by atoms with Gasteiger partial charge in [0.15, 0.2) is 0 Å². The van der Waals surface area contributed by atoms with Crippen molar-refractivity contribution in [3.05, 3.63) is 18.2 Å². The molecule has 2 rings (SSSR count). The lowest BCUT2D eigenvalue weighted by atomic mass is 10.1. The number of hydrogen-bond acceptors (Lipinski definition) is 4. The van der Waals surface area contributed by atoms with E-state index in [0.717, 1.165) is 18.7 Å². The van der Waals surface area contributed by atoms with E-state index in [9.17, 15) is 0 Å². The molecule has 0 bridgehead atoms. The molecule has 1 unspecified atom stereocenters. The summed E-state index contributed by atoms with van der Waals surface area (Å²) < 4.78 is 0. The normalized spacial score (nSPS) is 19.0. The van der Waals surface area contributed by atoms with Crippen LogP contribution in [-0.4, -0.2) is 24.6 Å². The zero-order valence-corrected chi connectivity index (χ0v) is 11.2. The highest BCUT2D eigenvalue weighted by atomic mass is 32.2. The molecular formula is C12H18N2S2. The summed E-state index contributed by atoms with van der Waals surface area (Å²) in [6.45, 7) is 0.793. The molecule has 16 heavy (non-hydrogen) atoms. The molecule has 1 heterocycles. The van der Waals surface area contributed by atoms with Crippen molar-refractivity contribution < 1.29 is 0 Å². The Balaban J connectivity index is 2.04. The maximum Gasteiger partial charge on any atom is 0.0481 e. The Morgan fingerprint density at radius 1 is 1.56 bits per heavy atom. The second kappa shape index (κ2) is 5.84. The monoisotopic (exact) mass is 254 g/mol. The minimum absolute atomic E-state index is 0.584. The molecular weight excluding hydrogens is 236 g/mol. The van der Waals surface area contributed by atoms with Gasteiger partial charge in [-0.25, -0.2) is 0 Å². The number of thioether (sulfide) groups is 2. The van der Waals surface area contributed by atoms with Crippen LogP contribution in [0.15, 0.2) is 28.0 Å². The van der Waals surface area contributed by atoms with Crippen molar-refractivity contribution in [2.75, 3.05) is 23.9 Å². The van der Waals surface area contributed by atoms with E-state index in [2.05, 4.69) is 29.8 Å². The summed E-state index contributed by atoms with van der Waals surface area (Å²) in [6.07, 6.45) is 4.40. The van der Waals surface area contributed by atoms with Crippen molar-refractivity contribution in [2.24, 2.45) is 5.73 Å². The molecule has 1 aromatic carbocycles. The summed E-state index contributed by atoms with van der Waals surface area (Å²) in [5.74, 6) is 1.16. The minimum atomic E-state index is 0.584. The minimum Gasteiger partial charge on any atom is -0.381 e. The fourth-order valence-corrected chi connectivity index (χ4v) is 3.48. The van der Waals surface area contributed by atoms with E-state index in [1.54, 1.807) is 11.8 Å². The quantitative estimate of drug-likeness (QED) is 0.810. The summed E-state index contributed by atoms with van der Waals surface area (Å²) in [4.78, 5) is 2.73. The largest absolute Gasteiger partial charge is 0.381 e. The lowest BCUT2D eigenvalue weighted by Crippen LogP contribution is -2.26. The number of anilines is 1. The third-order valence-electron chi connectivity index (χ3n) is 2.75. The van der Waals surface area contributed by atoms with E-state index in [1.807, 2.05) is 11.8 Å². The highest BCUT2D eigenvalue weighted by Gasteiger charge is 2.17. The molecule has 1 aliphatic heterocycles. The Labute approximate surface area is 106 Å². The van der Waals surface area contributed by atoms with Gasteiger partial charge in [0.25, 0.3) is 0 Å². The maximum atomic E-state index is 5.54. The van der Waals surface area contributed by atoms with Crippen molar-refractivity contribution in [3.8, 4) is 0 Å². The Kier molecular flexibility index (Phi) is 4.44. The van der Waals surface area contributed by atoms with Crippen LogP contribution in [0.5, 0.6) is 0 Å². The third-order valence-corrected chi connectivity index (χ3v) is 4.69. The number of rotatable bonds is 4. The molecule has 1 aliphatic rings. The van der Waals surface area contributed by atoms with Crippen LogP contribution < -0.4 is 11.1 Å². The van der Waals surface area contributed by atoms with Gasteiger partial charge in [-0.2, -0.15) is 0 Å². The first-order chi connectivity index (χ1) is 7.83. The average molecular weight is 254 g/mol. The van der Waals surface area contributed by atoms with Crippen LogP contribution in [0, 0.1) is 0 Å². The number of benzene rings is 1. The van der Waals surface area contributed by atoms with Crippen LogP contribution >= 0.6 is 23.5 Å². The van der Waals surface area contributed by atoms with Crippen LogP contribution in [-0.2, 0) is 0 Å². The van der Waals surface area contributed by atoms with E-state index < -0.39 is 0 Å². The van der Waals surface area contributed by atoms with Crippen molar-refractivity contribution in [3.63, 3.8) is 0 Å². The molecule has 1 atom stereocenters. The first kappa shape index (κ1) is 12.1. The highest BCUT2D eigenvalue weighted by molar-refractivity contribution is 8.00. The van der Waals surface area contributed by atoms with Gasteiger partial charge in [-0.05, 0) is 43.8 Å². The van der Waals surface area contributed by atoms with Crippen LogP contribution in [0.2, 0.25) is 0 Å². The summed E-state index contributed by atoms with van der Waals surface area (Å²) in [5, 5.41) is 3.60. The molecule has 0 spiro atoms. The summed E-state index contributed by atoms with van der Waals surface area (Å²) >= 11 is 3.76. The summed E-state index contributed by atoms with van der Waals surface area (Å²) in [7, 11) is 0. The van der Waals surface area contributed by atoms with Gasteiger partial charge in [0.05, 0.1) is 0 Å². The van der Waals surface area contributed by atoms with Gasteiger partial charge in [0, 0.05) is 27.3 Å². The lowest BCUT2D eigenvalue weighted by molar-refractivity contribution is 0.664. The zero-order chi connectivity index (χ0) is 11.4. The molecule has 0 aliphatic carbocycles. The maximum absolute atomic E-state index is 5.54. The van der Waals surface area contributed by atoms with E-state index in [4.69, 9.17) is 5.73 Å². The first-order valence-corrected chi connectivity index (χ1v) is 7.82. The van der Waals surface area contributed by atoms with Gasteiger partial charge in [-0.1, -0.05) is 0 Å². The van der Waals surface area contributed by atoms with Crippen LogP contribution in [0.3, 0.4) is 0 Å². The standard InChI is InChI=1S/C12H18N2S2/c1-15-10-4-5-11-12(7-10)16-8-9(14-11)3-2-6-13/h4-5,7,9,14H,2-3,6,8,13H2,1H3. The Bertz CT molecular complexity index is 355. The Morgan fingerprint density at radius 2 is 2.44 bits per heavy atom. The van der Waals surface area contributed by atoms with Crippen molar-refractivity contribution in [2.45, 2.75) is 28.7 Å². The van der Waals surface area contributed by atoms with E-state index in [1.165, 1.54) is 21.9 Å². The molecule has 4 heteroatoms. The Hall–Kier alpha value is -0.320. The summed E-state index contributed by atoms with van der Waals surface area (Å²) in [5.41, 5.74) is 6.83. The molecule has 0 aromatic heterocycles. The van der Waals surface area contributed by atoms with Crippen LogP contribution in [0.4, 0.5) is 5.69 Å². The van der Waals surface area contributed by atoms with E-state index in [-0.39, 0.29) is 0 Å². The van der Waals surface area contributed by atoms with Gasteiger partial charge >= 0.3 is 0 Å². The smallest absolute Gasteiger partial charge is 0.0481 e. The van der Waals surface area contributed by atoms with Crippen LogP contribution in [0.1, 0.15) is 12.8 Å². The lowest BCUT2D eigenvalue weighted by Gasteiger charge is -2.26. The van der Waals surface area contributed by atoms with Crippen molar-refractivity contribution in [1.29, 1.82) is 0 Å². The fraction of sp³-hybridized carbons (Fsp3) is 0.500. The highest BCUT2D eigenvalue weighted by Crippen LogP contribution is 2.36. The average Bonchev–Trinajstić information content (AvgIpc) is 2.35. The van der Waals surface area contributed by atoms with Crippen LogP contribution in [0.25, 0.3) is 0 Å². The number of nitrogens with two attached hydrogens (primary N) is 1.